The Morgan fingerprint density at radius 3 is 2.06 bits per heavy atom. The van der Waals surface area contributed by atoms with Gasteiger partial charge in [-0.1, -0.05) is 11.6 Å². The highest BCUT2D eigenvalue weighted by Crippen LogP contribution is 2.41. The van der Waals surface area contributed by atoms with Gasteiger partial charge in [-0.05, 0) is 59.9 Å². The van der Waals surface area contributed by atoms with Crippen molar-refractivity contribution in [1.82, 2.24) is 0 Å². The molecule has 0 aliphatic heterocycles. The summed E-state index contributed by atoms with van der Waals surface area (Å²) in [5.74, 6) is 0. The Morgan fingerprint density at radius 1 is 1.06 bits per heavy atom. The molecule has 0 saturated carbocycles. The Bertz CT molecular complexity index is 438. The fraction of sp³-hybridized carbons (Fsp3) is 0.111. The van der Waals surface area contributed by atoms with Crippen molar-refractivity contribution in [3.63, 3.8) is 0 Å². The van der Waals surface area contributed by atoms with Crippen LogP contribution in [0.3, 0.4) is 0 Å². The molecule has 16 heavy (non-hydrogen) atoms. The Balaban J connectivity index is 2.34. The second-order valence-electron chi connectivity index (χ2n) is 2.94. The third-order valence-electron chi connectivity index (χ3n) is 1.87. The number of rotatable bonds is 2. The topological polar surface area (TPSA) is 20.2 Å². The maximum atomic E-state index is 10.2. The number of halogens is 4. The van der Waals surface area contributed by atoms with Gasteiger partial charge in [-0.25, -0.2) is 0 Å². The molecule has 86 valence electrons. The summed E-state index contributed by atoms with van der Waals surface area (Å²) in [4.78, 5) is 1.71. The van der Waals surface area contributed by atoms with Crippen LogP contribution in [0.1, 0.15) is 15.9 Å². The van der Waals surface area contributed by atoms with E-state index >= 15 is 0 Å². The summed E-state index contributed by atoms with van der Waals surface area (Å²) in [6.45, 7) is 0. The molecule has 0 saturated heterocycles. The standard InChI is InChI=1S/C9H4Br3ClOS2/c10-3-1-5(15-8(3)12)7(14)6-2-4(11)9(13)16-6/h1-2,7,14H. The van der Waals surface area contributed by atoms with Crippen molar-refractivity contribution in [2.24, 2.45) is 0 Å². The zero-order valence-electron chi connectivity index (χ0n) is 7.51. The highest BCUT2D eigenvalue weighted by Gasteiger charge is 2.18. The molecule has 2 heterocycles. The summed E-state index contributed by atoms with van der Waals surface area (Å²) < 4.78 is 3.41. The predicted octanol–water partition coefficient (Wildman–Crippen LogP) is 5.83. The smallest absolute Gasteiger partial charge is 0.122 e. The molecule has 0 fully saturated rings. The van der Waals surface area contributed by atoms with Gasteiger partial charge in [-0.2, -0.15) is 0 Å². The van der Waals surface area contributed by atoms with Crippen LogP contribution >= 0.6 is 82.1 Å². The molecule has 1 N–H and O–H groups in total. The predicted molar refractivity (Wildman–Crippen MR) is 80.8 cm³/mol. The maximum absolute atomic E-state index is 10.2. The zero-order chi connectivity index (χ0) is 11.9. The van der Waals surface area contributed by atoms with Gasteiger partial charge in [0.05, 0.1) is 3.79 Å². The minimum atomic E-state index is -0.624. The van der Waals surface area contributed by atoms with Crippen LogP contribution in [0.2, 0.25) is 4.34 Å². The van der Waals surface area contributed by atoms with Gasteiger partial charge in [0, 0.05) is 18.7 Å². The van der Waals surface area contributed by atoms with Crippen LogP contribution < -0.4 is 0 Å². The molecule has 7 heteroatoms. The molecule has 0 radical (unpaired) electrons. The van der Waals surface area contributed by atoms with Gasteiger partial charge in [0.15, 0.2) is 0 Å². The molecule has 1 unspecified atom stereocenters. The van der Waals surface area contributed by atoms with Crippen LogP contribution in [0.4, 0.5) is 0 Å². The van der Waals surface area contributed by atoms with Crippen molar-refractivity contribution < 1.29 is 5.11 Å². The molecule has 2 aromatic rings. The number of aliphatic hydroxyl groups excluding tert-OH is 1. The zero-order valence-corrected chi connectivity index (χ0v) is 14.7. The average molecular weight is 467 g/mol. The Labute approximate surface area is 131 Å². The first-order valence-corrected chi connectivity index (χ1v) is 8.45. The van der Waals surface area contributed by atoms with Crippen molar-refractivity contribution >= 4 is 82.1 Å². The SMILES string of the molecule is OC(c1cc(Br)c(Cl)s1)c1cc(Br)c(Br)s1. The molecule has 1 nitrogen and oxygen atoms in total. The number of hydrogen-bond donors (Lipinski definition) is 1. The van der Waals surface area contributed by atoms with E-state index in [1.165, 1.54) is 22.7 Å². The van der Waals surface area contributed by atoms with Gasteiger partial charge in [0.25, 0.3) is 0 Å². The van der Waals surface area contributed by atoms with Crippen LogP contribution in [-0.2, 0) is 0 Å². The summed E-state index contributed by atoms with van der Waals surface area (Å²) in [5, 5.41) is 10.2. The second-order valence-corrected chi connectivity index (χ2v) is 8.74. The Hall–Kier alpha value is 1.09. The Kier molecular flexibility index (Phi) is 4.55. The minimum Gasteiger partial charge on any atom is -0.382 e. The van der Waals surface area contributed by atoms with Crippen LogP contribution in [-0.4, -0.2) is 5.11 Å². The van der Waals surface area contributed by atoms with Crippen molar-refractivity contribution in [2.75, 3.05) is 0 Å². The maximum Gasteiger partial charge on any atom is 0.122 e. The van der Waals surface area contributed by atoms with Gasteiger partial charge in [-0.15, -0.1) is 22.7 Å². The molecule has 0 aliphatic rings. The monoisotopic (exact) mass is 464 g/mol. The number of hydrogen-bond acceptors (Lipinski definition) is 3. The van der Waals surface area contributed by atoms with Gasteiger partial charge in [-0.3, -0.25) is 0 Å². The molecular formula is C9H4Br3ClOS2. The first kappa shape index (κ1) is 13.5. The van der Waals surface area contributed by atoms with Crippen molar-refractivity contribution in [1.29, 1.82) is 0 Å². The van der Waals surface area contributed by atoms with Crippen LogP contribution in [0.25, 0.3) is 0 Å². The molecule has 1 atom stereocenters. The van der Waals surface area contributed by atoms with E-state index in [2.05, 4.69) is 47.8 Å². The first-order valence-electron chi connectivity index (χ1n) is 4.06. The molecular weight excluding hydrogens is 463 g/mol. The summed E-state index contributed by atoms with van der Waals surface area (Å²) in [5.41, 5.74) is 0. The molecule has 0 aliphatic carbocycles. The lowest BCUT2D eigenvalue weighted by molar-refractivity contribution is 0.228. The van der Waals surface area contributed by atoms with Crippen LogP contribution in [0.5, 0.6) is 0 Å². The van der Waals surface area contributed by atoms with Gasteiger partial charge in [0.2, 0.25) is 0 Å². The lowest BCUT2D eigenvalue weighted by Gasteiger charge is -2.04. The normalized spacial score (nSPS) is 13.1. The fourth-order valence-electron chi connectivity index (χ4n) is 1.14. The largest absolute Gasteiger partial charge is 0.382 e. The third-order valence-corrected chi connectivity index (χ3v) is 7.70. The molecule has 0 spiro atoms. The van der Waals surface area contributed by atoms with E-state index in [1.54, 1.807) is 0 Å². The van der Waals surface area contributed by atoms with Gasteiger partial charge < -0.3 is 5.11 Å². The molecule has 2 aromatic heterocycles. The fourth-order valence-corrected chi connectivity index (χ4v) is 5.05. The molecule has 0 aromatic carbocycles. The van der Waals surface area contributed by atoms with E-state index in [4.69, 9.17) is 11.6 Å². The average Bonchev–Trinajstić information content (AvgIpc) is 2.72. The van der Waals surface area contributed by atoms with Gasteiger partial charge in [0.1, 0.15) is 10.4 Å². The summed E-state index contributed by atoms with van der Waals surface area (Å²) >= 11 is 19.0. The summed E-state index contributed by atoms with van der Waals surface area (Å²) in [6, 6.07) is 3.75. The van der Waals surface area contributed by atoms with Gasteiger partial charge >= 0.3 is 0 Å². The van der Waals surface area contributed by atoms with Crippen molar-refractivity contribution in [2.45, 2.75) is 6.10 Å². The van der Waals surface area contributed by atoms with Crippen LogP contribution in [0, 0.1) is 0 Å². The Morgan fingerprint density at radius 2 is 1.62 bits per heavy atom. The molecule has 2 rings (SSSR count). The van der Waals surface area contributed by atoms with E-state index in [0.717, 1.165) is 22.5 Å². The lowest BCUT2D eigenvalue weighted by Crippen LogP contribution is -1.92. The molecule has 0 amide bonds. The number of aliphatic hydroxyl groups is 1. The molecule has 0 bridgehead atoms. The van der Waals surface area contributed by atoms with E-state index in [-0.39, 0.29) is 0 Å². The second kappa shape index (κ2) is 5.38. The van der Waals surface area contributed by atoms with E-state index < -0.39 is 6.10 Å². The van der Waals surface area contributed by atoms with E-state index in [9.17, 15) is 5.11 Å². The van der Waals surface area contributed by atoms with E-state index in [1.807, 2.05) is 12.1 Å². The highest BCUT2D eigenvalue weighted by molar-refractivity contribution is 9.13. The minimum absolute atomic E-state index is 0.624. The van der Waals surface area contributed by atoms with Crippen LogP contribution in [0.15, 0.2) is 24.9 Å². The lowest BCUT2D eigenvalue weighted by atomic mass is 10.2. The van der Waals surface area contributed by atoms with Crippen molar-refractivity contribution in [3.8, 4) is 0 Å². The quantitative estimate of drug-likeness (QED) is 0.589. The highest BCUT2D eigenvalue weighted by atomic mass is 79.9. The number of thiophene rings is 2. The summed E-state index contributed by atoms with van der Waals surface area (Å²) in [6.07, 6.45) is -0.624. The third kappa shape index (κ3) is 2.74. The first-order chi connectivity index (χ1) is 7.49. The summed E-state index contributed by atoms with van der Waals surface area (Å²) in [7, 11) is 0. The van der Waals surface area contributed by atoms with E-state index in [0.29, 0.717) is 4.34 Å². The van der Waals surface area contributed by atoms with Crippen molar-refractivity contribution in [3.05, 3.63) is 39.0 Å².